The zero-order valence-electron chi connectivity index (χ0n) is 15.3. The number of benzene rings is 2. The summed E-state index contributed by atoms with van der Waals surface area (Å²) in [6.45, 7) is 12.1. The summed E-state index contributed by atoms with van der Waals surface area (Å²) in [5.74, 6) is 0. The molecular weight excluding hydrogens is 292 g/mol. The highest BCUT2D eigenvalue weighted by atomic mass is 15.0. The number of aromatic nitrogens is 1. The summed E-state index contributed by atoms with van der Waals surface area (Å²) in [6, 6.07) is 9.56. The molecule has 1 aliphatic rings. The van der Waals surface area contributed by atoms with Gasteiger partial charge in [-0.25, -0.2) is 0 Å². The van der Waals surface area contributed by atoms with Gasteiger partial charge in [0, 0.05) is 23.1 Å². The van der Waals surface area contributed by atoms with Crippen LogP contribution in [0, 0.1) is 34.6 Å². The fourth-order valence-electron chi connectivity index (χ4n) is 4.25. The molecule has 1 unspecified atom stereocenters. The van der Waals surface area contributed by atoms with Gasteiger partial charge in [0.2, 0.25) is 0 Å². The molecule has 4 rings (SSSR count). The number of H-pyrrole nitrogens is 1. The monoisotopic (exact) mass is 318 g/mol. The Bertz CT molecular complexity index is 946. The van der Waals surface area contributed by atoms with E-state index in [9.17, 15) is 0 Å². The van der Waals surface area contributed by atoms with Crippen LogP contribution >= 0.6 is 0 Å². The molecule has 2 aromatic carbocycles. The lowest BCUT2D eigenvalue weighted by atomic mass is 9.89. The molecule has 0 radical (unpaired) electrons. The Morgan fingerprint density at radius 1 is 0.833 bits per heavy atom. The predicted molar refractivity (Wildman–Crippen MR) is 102 cm³/mol. The Labute approximate surface area is 144 Å². The maximum atomic E-state index is 3.76. The largest absolute Gasteiger partial charge is 0.356 e. The predicted octanol–water partition coefficient (Wildman–Crippen LogP) is 4.95. The van der Waals surface area contributed by atoms with Crippen LogP contribution in [0.3, 0.4) is 0 Å². The Hall–Kier alpha value is -2.06. The Morgan fingerprint density at radius 3 is 2.38 bits per heavy atom. The Kier molecular flexibility index (Phi) is 3.54. The molecule has 2 heteroatoms. The summed E-state index contributed by atoms with van der Waals surface area (Å²) in [7, 11) is 0. The highest BCUT2D eigenvalue weighted by Gasteiger charge is 2.27. The lowest BCUT2D eigenvalue weighted by Gasteiger charge is -2.27. The topological polar surface area (TPSA) is 27.8 Å². The van der Waals surface area contributed by atoms with E-state index in [1.54, 1.807) is 0 Å². The van der Waals surface area contributed by atoms with Crippen LogP contribution in [0.2, 0.25) is 0 Å². The summed E-state index contributed by atoms with van der Waals surface area (Å²) in [4.78, 5) is 3.76. The van der Waals surface area contributed by atoms with Crippen molar-refractivity contribution in [1.29, 1.82) is 0 Å². The number of aryl methyl sites for hydroxylation is 5. The summed E-state index contributed by atoms with van der Waals surface area (Å²) in [5.41, 5.74) is 12.4. The van der Waals surface area contributed by atoms with Crippen molar-refractivity contribution >= 4 is 10.9 Å². The molecular formula is C22H26N2. The van der Waals surface area contributed by atoms with Crippen LogP contribution < -0.4 is 5.32 Å². The third kappa shape index (κ3) is 2.29. The average molecular weight is 318 g/mol. The third-order valence-corrected chi connectivity index (χ3v) is 5.60. The number of hydrogen-bond acceptors (Lipinski definition) is 1. The van der Waals surface area contributed by atoms with E-state index in [0.717, 1.165) is 13.0 Å². The number of hydrogen-bond donors (Lipinski definition) is 2. The standard InChI is InChI=1S/C22H26N2/c1-12-8-16(5)20-19(9-12)17-6-7-23-21(22(17)24-20)18-11-14(3)13(2)10-15(18)4/h8-11,21,23-24H,6-7H2,1-5H3. The van der Waals surface area contributed by atoms with Crippen molar-refractivity contribution in [2.24, 2.45) is 0 Å². The van der Waals surface area contributed by atoms with Crippen LogP contribution in [0.15, 0.2) is 24.3 Å². The Balaban J connectivity index is 1.94. The second-order valence-electron chi connectivity index (χ2n) is 7.45. The van der Waals surface area contributed by atoms with Gasteiger partial charge >= 0.3 is 0 Å². The van der Waals surface area contributed by atoms with Crippen LogP contribution in [0.1, 0.15) is 50.7 Å². The van der Waals surface area contributed by atoms with Gasteiger partial charge in [-0.3, -0.25) is 0 Å². The van der Waals surface area contributed by atoms with Gasteiger partial charge in [-0.1, -0.05) is 23.8 Å². The lowest BCUT2D eigenvalue weighted by Crippen LogP contribution is -2.31. The van der Waals surface area contributed by atoms with Crippen molar-refractivity contribution < 1.29 is 0 Å². The second kappa shape index (κ2) is 5.49. The van der Waals surface area contributed by atoms with Gasteiger partial charge in [-0.15, -0.1) is 0 Å². The average Bonchev–Trinajstić information content (AvgIpc) is 2.90. The highest BCUT2D eigenvalue weighted by molar-refractivity contribution is 5.88. The first-order chi connectivity index (χ1) is 11.5. The van der Waals surface area contributed by atoms with Gasteiger partial charge < -0.3 is 10.3 Å². The van der Waals surface area contributed by atoms with E-state index in [1.165, 1.54) is 55.5 Å². The van der Waals surface area contributed by atoms with Crippen molar-refractivity contribution in [2.45, 2.75) is 47.1 Å². The fraction of sp³-hybridized carbons (Fsp3) is 0.364. The molecule has 1 aromatic heterocycles. The quantitative estimate of drug-likeness (QED) is 0.653. The summed E-state index contributed by atoms with van der Waals surface area (Å²) >= 11 is 0. The van der Waals surface area contributed by atoms with Gasteiger partial charge in [-0.05, 0) is 80.5 Å². The van der Waals surface area contributed by atoms with Crippen LogP contribution in [0.5, 0.6) is 0 Å². The van der Waals surface area contributed by atoms with Crippen molar-refractivity contribution in [1.82, 2.24) is 10.3 Å². The summed E-state index contributed by atoms with van der Waals surface area (Å²) in [5, 5.41) is 5.16. The minimum atomic E-state index is 0.264. The normalized spacial score (nSPS) is 17.3. The first-order valence-corrected chi connectivity index (χ1v) is 8.88. The molecule has 3 aromatic rings. The Morgan fingerprint density at radius 2 is 1.58 bits per heavy atom. The third-order valence-electron chi connectivity index (χ3n) is 5.60. The first-order valence-electron chi connectivity index (χ1n) is 8.88. The van der Waals surface area contributed by atoms with E-state index in [4.69, 9.17) is 0 Å². The molecule has 0 aliphatic carbocycles. The molecule has 2 nitrogen and oxygen atoms in total. The maximum absolute atomic E-state index is 3.76. The lowest BCUT2D eigenvalue weighted by molar-refractivity contribution is 0.558. The van der Waals surface area contributed by atoms with E-state index in [-0.39, 0.29) is 6.04 Å². The number of nitrogens with one attached hydrogen (secondary N) is 2. The van der Waals surface area contributed by atoms with Crippen molar-refractivity contribution in [2.75, 3.05) is 6.54 Å². The highest BCUT2D eigenvalue weighted by Crippen LogP contribution is 2.36. The second-order valence-corrected chi connectivity index (χ2v) is 7.45. The number of rotatable bonds is 1. The van der Waals surface area contributed by atoms with E-state index in [0.29, 0.717) is 0 Å². The van der Waals surface area contributed by atoms with E-state index in [2.05, 4.69) is 69.2 Å². The van der Waals surface area contributed by atoms with Crippen LogP contribution in [0.25, 0.3) is 10.9 Å². The molecule has 0 saturated carbocycles. The molecule has 1 aliphatic heterocycles. The summed E-state index contributed by atoms with van der Waals surface area (Å²) in [6.07, 6.45) is 1.10. The molecule has 2 N–H and O–H groups in total. The zero-order valence-corrected chi connectivity index (χ0v) is 15.3. The fourth-order valence-corrected chi connectivity index (χ4v) is 4.25. The van der Waals surface area contributed by atoms with Gasteiger partial charge in [0.25, 0.3) is 0 Å². The smallest absolute Gasteiger partial charge is 0.0735 e. The molecule has 124 valence electrons. The van der Waals surface area contributed by atoms with Crippen molar-refractivity contribution in [3.63, 3.8) is 0 Å². The maximum Gasteiger partial charge on any atom is 0.0735 e. The zero-order chi connectivity index (χ0) is 17.0. The molecule has 0 fully saturated rings. The molecule has 0 amide bonds. The molecule has 0 bridgehead atoms. The molecule has 1 atom stereocenters. The number of aromatic amines is 1. The van der Waals surface area contributed by atoms with Crippen molar-refractivity contribution in [3.05, 3.63) is 68.9 Å². The molecule has 0 spiro atoms. The van der Waals surface area contributed by atoms with Gasteiger partial charge in [0.1, 0.15) is 0 Å². The first kappa shape index (κ1) is 15.5. The van der Waals surface area contributed by atoms with Crippen LogP contribution in [-0.2, 0) is 6.42 Å². The SMILES string of the molecule is Cc1cc(C)c2[nH]c3c(c2c1)CCNC3c1cc(C)c(C)cc1C. The van der Waals surface area contributed by atoms with Gasteiger partial charge in [-0.2, -0.15) is 0 Å². The molecule has 0 saturated heterocycles. The van der Waals surface area contributed by atoms with Crippen LogP contribution in [-0.4, -0.2) is 11.5 Å². The van der Waals surface area contributed by atoms with Gasteiger partial charge in [0.15, 0.2) is 0 Å². The van der Waals surface area contributed by atoms with E-state index >= 15 is 0 Å². The number of fused-ring (bicyclic) bond motifs is 3. The minimum Gasteiger partial charge on any atom is -0.356 e. The van der Waals surface area contributed by atoms with Gasteiger partial charge in [0.05, 0.1) is 6.04 Å². The van der Waals surface area contributed by atoms with Crippen molar-refractivity contribution in [3.8, 4) is 0 Å². The molecule has 2 heterocycles. The van der Waals surface area contributed by atoms with E-state index in [1.807, 2.05) is 0 Å². The summed E-state index contributed by atoms with van der Waals surface area (Å²) < 4.78 is 0. The van der Waals surface area contributed by atoms with Crippen LogP contribution in [0.4, 0.5) is 0 Å². The molecule has 24 heavy (non-hydrogen) atoms. The minimum absolute atomic E-state index is 0.264. The van der Waals surface area contributed by atoms with E-state index < -0.39 is 0 Å².